The van der Waals surface area contributed by atoms with E-state index < -0.39 is 0 Å². The summed E-state index contributed by atoms with van der Waals surface area (Å²) in [5.41, 5.74) is 2.69. The average Bonchev–Trinajstić information content (AvgIpc) is 2.56. The van der Waals surface area contributed by atoms with Crippen LogP contribution in [-0.4, -0.2) is 22.2 Å². The van der Waals surface area contributed by atoms with Gasteiger partial charge < -0.3 is 5.11 Å². The standard InChI is InChI=1S/C20H25NO/c22-20-13-7-12-19(14-20)21(15-17-8-3-1-4-9-17)16-18-10-5-2-6-11-18/h1-6,8-11,19-20,22H,7,12-16H2/t19-,20-/m0/s1. The first-order valence-electron chi connectivity index (χ1n) is 8.31. The number of aliphatic hydroxyl groups excluding tert-OH is 1. The topological polar surface area (TPSA) is 23.5 Å². The Kier molecular flexibility index (Phi) is 5.25. The number of hydrogen-bond donors (Lipinski definition) is 1. The summed E-state index contributed by atoms with van der Waals surface area (Å²) >= 11 is 0. The second-order valence-electron chi connectivity index (χ2n) is 6.35. The lowest BCUT2D eigenvalue weighted by Crippen LogP contribution is -2.39. The summed E-state index contributed by atoms with van der Waals surface area (Å²) in [6, 6.07) is 21.8. The Balaban J connectivity index is 1.75. The minimum Gasteiger partial charge on any atom is -0.393 e. The second kappa shape index (κ2) is 7.57. The number of aliphatic hydroxyl groups is 1. The average molecular weight is 295 g/mol. The van der Waals surface area contributed by atoms with Gasteiger partial charge in [-0.2, -0.15) is 0 Å². The SMILES string of the molecule is O[C@H]1CCC[C@H](N(Cc2ccccc2)Cc2ccccc2)C1. The molecule has 2 aromatic rings. The molecule has 2 aromatic carbocycles. The van der Waals surface area contributed by atoms with Crippen LogP contribution in [-0.2, 0) is 13.1 Å². The molecule has 3 rings (SSSR count). The van der Waals surface area contributed by atoms with Crippen molar-refractivity contribution >= 4 is 0 Å². The lowest BCUT2D eigenvalue weighted by atomic mass is 9.91. The zero-order valence-corrected chi connectivity index (χ0v) is 13.1. The zero-order chi connectivity index (χ0) is 15.2. The number of nitrogens with zero attached hydrogens (tertiary/aromatic N) is 1. The van der Waals surface area contributed by atoms with Crippen LogP contribution in [0.2, 0.25) is 0 Å². The maximum atomic E-state index is 10.0. The van der Waals surface area contributed by atoms with Gasteiger partial charge in [0.15, 0.2) is 0 Å². The van der Waals surface area contributed by atoms with Crippen LogP contribution in [0.15, 0.2) is 60.7 Å². The van der Waals surface area contributed by atoms with Gasteiger partial charge in [0.1, 0.15) is 0 Å². The van der Waals surface area contributed by atoms with Crippen LogP contribution < -0.4 is 0 Å². The van der Waals surface area contributed by atoms with Crippen molar-refractivity contribution in [2.75, 3.05) is 0 Å². The Hall–Kier alpha value is -1.64. The van der Waals surface area contributed by atoms with Crippen LogP contribution in [0.25, 0.3) is 0 Å². The summed E-state index contributed by atoms with van der Waals surface area (Å²) in [6.45, 7) is 1.90. The molecule has 2 nitrogen and oxygen atoms in total. The molecule has 0 unspecified atom stereocenters. The van der Waals surface area contributed by atoms with Crippen LogP contribution in [0.5, 0.6) is 0 Å². The Morgan fingerprint density at radius 1 is 0.818 bits per heavy atom. The Bertz CT molecular complexity index is 513. The molecule has 0 radical (unpaired) electrons. The third-order valence-corrected chi connectivity index (χ3v) is 4.59. The normalized spacial score (nSPS) is 21.9. The molecule has 0 aromatic heterocycles. The summed E-state index contributed by atoms with van der Waals surface area (Å²) in [5.74, 6) is 0. The van der Waals surface area contributed by atoms with Gasteiger partial charge in [-0.1, -0.05) is 60.7 Å². The first kappa shape index (κ1) is 15.3. The molecule has 1 aliphatic rings. The van der Waals surface area contributed by atoms with Gasteiger partial charge in [-0.05, 0) is 36.8 Å². The highest BCUT2D eigenvalue weighted by Gasteiger charge is 2.25. The van der Waals surface area contributed by atoms with E-state index >= 15 is 0 Å². The summed E-state index contributed by atoms with van der Waals surface area (Å²) in [4.78, 5) is 2.53. The third-order valence-electron chi connectivity index (χ3n) is 4.59. The summed E-state index contributed by atoms with van der Waals surface area (Å²) in [7, 11) is 0. The van der Waals surface area contributed by atoms with E-state index in [1.165, 1.54) is 17.5 Å². The highest BCUT2D eigenvalue weighted by Crippen LogP contribution is 2.26. The fraction of sp³-hybridized carbons (Fsp3) is 0.400. The predicted molar refractivity (Wildman–Crippen MR) is 90.4 cm³/mol. The fourth-order valence-electron chi connectivity index (χ4n) is 3.42. The van der Waals surface area contributed by atoms with Gasteiger partial charge in [-0.15, -0.1) is 0 Å². The lowest BCUT2D eigenvalue weighted by Gasteiger charge is -2.36. The predicted octanol–water partition coefficient (Wildman–Crippen LogP) is 3.99. The molecule has 0 aliphatic heterocycles. The molecule has 1 aliphatic carbocycles. The molecule has 1 saturated carbocycles. The molecule has 0 saturated heterocycles. The second-order valence-corrected chi connectivity index (χ2v) is 6.35. The quantitative estimate of drug-likeness (QED) is 0.901. The van der Waals surface area contributed by atoms with Crippen LogP contribution in [0.1, 0.15) is 36.8 Å². The number of rotatable bonds is 5. The van der Waals surface area contributed by atoms with Gasteiger partial charge in [0, 0.05) is 19.1 Å². The molecule has 2 atom stereocenters. The Morgan fingerprint density at radius 2 is 1.36 bits per heavy atom. The molecule has 0 amide bonds. The van der Waals surface area contributed by atoms with Crippen molar-refractivity contribution in [3.05, 3.63) is 71.8 Å². The van der Waals surface area contributed by atoms with Crippen LogP contribution in [0.4, 0.5) is 0 Å². The van der Waals surface area contributed by atoms with E-state index in [1.54, 1.807) is 0 Å². The van der Waals surface area contributed by atoms with E-state index in [-0.39, 0.29) is 6.10 Å². The molecule has 0 heterocycles. The van der Waals surface area contributed by atoms with E-state index in [2.05, 4.69) is 65.6 Å². The minimum atomic E-state index is -0.132. The highest BCUT2D eigenvalue weighted by atomic mass is 16.3. The lowest BCUT2D eigenvalue weighted by molar-refractivity contribution is 0.0542. The van der Waals surface area contributed by atoms with Gasteiger partial charge in [-0.3, -0.25) is 4.90 Å². The molecular formula is C20H25NO. The van der Waals surface area contributed by atoms with E-state index in [4.69, 9.17) is 0 Å². The Labute approximate surface area is 133 Å². The van der Waals surface area contributed by atoms with E-state index in [0.29, 0.717) is 6.04 Å². The van der Waals surface area contributed by atoms with Crippen molar-refractivity contribution in [3.63, 3.8) is 0 Å². The van der Waals surface area contributed by atoms with Gasteiger partial charge in [0.25, 0.3) is 0 Å². The maximum absolute atomic E-state index is 10.0. The zero-order valence-electron chi connectivity index (χ0n) is 13.1. The van der Waals surface area contributed by atoms with Crippen molar-refractivity contribution in [3.8, 4) is 0 Å². The van der Waals surface area contributed by atoms with Crippen molar-refractivity contribution in [1.82, 2.24) is 4.90 Å². The van der Waals surface area contributed by atoms with E-state index in [1.807, 2.05) is 0 Å². The van der Waals surface area contributed by atoms with Crippen molar-refractivity contribution in [1.29, 1.82) is 0 Å². The van der Waals surface area contributed by atoms with Crippen LogP contribution in [0, 0.1) is 0 Å². The number of hydrogen-bond acceptors (Lipinski definition) is 2. The first-order valence-corrected chi connectivity index (χ1v) is 8.31. The van der Waals surface area contributed by atoms with E-state index in [9.17, 15) is 5.11 Å². The summed E-state index contributed by atoms with van der Waals surface area (Å²) in [6.07, 6.45) is 4.05. The molecule has 0 bridgehead atoms. The number of benzene rings is 2. The van der Waals surface area contributed by atoms with Gasteiger partial charge in [0.2, 0.25) is 0 Å². The van der Waals surface area contributed by atoms with Gasteiger partial charge >= 0.3 is 0 Å². The van der Waals surface area contributed by atoms with Crippen molar-refractivity contribution in [2.24, 2.45) is 0 Å². The van der Waals surface area contributed by atoms with Crippen LogP contribution >= 0.6 is 0 Å². The van der Waals surface area contributed by atoms with Gasteiger partial charge in [-0.25, -0.2) is 0 Å². The van der Waals surface area contributed by atoms with E-state index in [0.717, 1.165) is 32.4 Å². The van der Waals surface area contributed by atoms with Crippen molar-refractivity contribution < 1.29 is 5.11 Å². The Morgan fingerprint density at radius 3 is 1.86 bits per heavy atom. The van der Waals surface area contributed by atoms with Crippen LogP contribution in [0.3, 0.4) is 0 Å². The largest absolute Gasteiger partial charge is 0.393 e. The molecule has 1 N–H and O–H groups in total. The molecule has 116 valence electrons. The summed E-state index contributed by atoms with van der Waals surface area (Å²) in [5, 5.41) is 10.0. The molecule has 0 spiro atoms. The van der Waals surface area contributed by atoms with Crippen molar-refractivity contribution in [2.45, 2.75) is 50.9 Å². The highest BCUT2D eigenvalue weighted by molar-refractivity contribution is 5.17. The maximum Gasteiger partial charge on any atom is 0.0555 e. The first-order chi connectivity index (χ1) is 10.8. The monoisotopic (exact) mass is 295 g/mol. The summed E-state index contributed by atoms with van der Waals surface area (Å²) < 4.78 is 0. The fourth-order valence-corrected chi connectivity index (χ4v) is 3.42. The smallest absolute Gasteiger partial charge is 0.0555 e. The van der Waals surface area contributed by atoms with Gasteiger partial charge in [0.05, 0.1) is 6.10 Å². The molecular weight excluding hydrogens is 270 g/mol. The molecule has 22 heavy (non-hydrogen) atoms. The molecule has 1 fully saturated rings. The third kappa shape index (κ3) is 4.19. The molecule has 2 heteroatoms. The minimum absolute atomic E-state index is 0.132.